The Kier molecular flexibility index (Phi) is 11.2. The molecule has 0 spiro atoms. The number of phenolic OH excluding ortho intramolecular Hbond substituents is 1. The number of amides is 2. The number of aryl methyl sites for hydroxylation is 1. The first kappa shape index (κ1) is 29.7. The van der Waals surface area contributed by atoms with Gasteiger partial charge in [-0.05, 0) is 68.7 Å². The van der Waals surface area contributed by atoms with Crippen LogP contribution in [0, 0.1) is 0 Å². The second-order valence-electron chi connectivity index (χ2n) is 9.22. The molecule has 0 saturated carbocycles. The number of phenols is 1. The molecule has 0 radical (unpaired) electrons. The molecule has 38 heavy (non-hydrogen) atoms. The molecule has 4 N–H and O–H groups in total. The number of nitrogens with one attached hydrogen (secondary N) is 1. The molecule has 0 aliphatic rings. The van der Waals surface area contributed by atoms with Gasteiger partial charge in [-0.1, -0.05) is 42.5 Å². The van der Waals surface area contributed by atoms with Gasteiger partial charge in [-0.2, -0.15) is 0 Å². The summed E-state index contributed by atoms with van der Waals surface area (Å²) in [6, 6.07) is 21.8. The number of anilines is 1. The van der Waals surface area contributed by atoms with Crippen LogP contribution in [0.2, 0.25) is 0 Å². The van der Waals surface area contributed by atoms with Crippen LogP contribution in [-0.4, -0.2) is 35.8 Å². The zero-order valence-corrected chi connectivity index (χ0v) is 22.0. The fourth-order valence-corrected chi connectivity index (χ4v) is 3.15. The Morgan fingerprint density at radius 2 is 1.58 bits per heavy atom. The molecule has 202 valence electrons. The molecule has 3 aromatic carbocycles. The lowest BCUT2D eigenvalue weighted by molar-refractivity contribution is -0.116. The molecular weight excluding hydrogens is 488 g/mol. The highest BCUT2D eigenvalue weighted by Crippen LogP contribution is 2.25. The van der Waals surface area contributed by atoms with Crippen LogP contribution in [0.1, 0.15) is 48.7 Å². The number of rotatable bonds is 8. The molecule has 0 fully saturated rings. The lowest BCUT2D eigenvalue weighted by atomic mass is 10.1. The van der Waals surface area contributed by atoms with Crippen LogP contribution in [0.25, 0.3) is 0 Å². The maximum Gasteiger partial charge on any atom is 0.405 e. The van der Waals surface area contributed by atoms with Crippen molar-refractivity contribution >= 4 is 23.7 Å². The monoisotopic (exact) mass is 522 g/mol. The number of aromatic hydroxyl groups is 1. The van der Waals surface area contributed by atoms with Crippen LogP contribution in [0.4, 0.5) is 10.5 Å². The fourth-order valence-electron chi connectivity index (χ4n) is 3.15. The minimum Gasteiger partial charge on any atom is -0.506 e. The predicted molar refractivity (Wildman–Crippen MR) is 144 cm³/mol. The van der Waals surface area contributed by atoms with E-state index in [9.17, 15) is 19.5 Å². The SMILES string of the molecule is CC(C)(C)OC(N)=O.COC(=O)c1ccc(NC(=O)CCc2ccc(OCc3ccccc3)cc2)c(O)c1. The van der Waals surface area contributed by atoms with E-state index in [1.165, 1.54) is 25.3 Å². The molecule has 9 heteroatoms. The fraction of sp³-hybridized carbons (Fsp3) is 0.276. The number of nitrogens with two attached hydrogens (primary N) is 1. The highest BCUT2D eigenvalue weighted by atomic mass is 16.6. The van der Waals surface area contributed by atoms with Crippen molar-refractivity contribution in [2.24, 2.45) is 5.73 Å². The van der Waals surface area contributed by atoms with Gasteiger partial charge in [0.1, 0.15) is 23.7 Å². The standard InChI is InChI=1S/C24H23NO5.C5H11NO2/c1-29-24(28)19-10-13-21(22(26)15-19)25-23(27)14-9-17-7-11-20(12-8-17)30-16-18-5-3-2-4-6-18;1-5(2,3)8-4(6)7/h2-8,10-13,15,26H,9,14,16H2,1H3,(H,25,27);1-3H3,(H2,6,7). The summed E-state index contributed by atoms with van der Waals surface area (Å²) in [5, 5.41) is 12.6. The minimum atomic E-state index is -0.725. The highest BCUT2D eigenvalue weighted by Gasteiger charge is 2.13. The maximum atomic E-state index is 12.2. The Morgan fingerprint density at radius 3 is 2.11 bits per heavy atom. The summed E-state index contributed by atoms with van der Waals surface area (Å²) in [6.45, 7) is 5.79. The van der Waals surface area contributed by atoms with Crippen LogP contribution in [0.15, 0.2) is 72.8 Å². The van der Waals surface area contributed by atoms with E-state index in [1.54, 1.807) is 20.8 Å². The molecular formula is C29H34N2O7. The van der Waals surface area contributed by atoms with Gasteiger partial charge in [0.2, 0.25) is 5.91 Å². The van der Waals surface area contributed by atoms with Gasteiger partial charge in [0.15, 0.2) is 0 Å². The summed E-state index contributed by atoms with van der Waals surface area (Å²) < 4.78 is 14.9. The van der Waals surface area contributed by atoms with Gasteiger partial charge in [-0.3, -0.25) is 4.79 Å². The summed E-state index contributed by atoms with van der Waals surface area (Å²) >= 11 is 0. The maximum absolute atomic E-state index is 12.2. The third-order valence-corrected chi connectivity index (χ3v) is 4.91. The van der Waals surface area contributed by atoms with E-state index in [1.807, 2.05) is 54.6 Å². The van der Waals surface area contributed by atoms with Crippen LogP contribution in [0.3, 0.4) is 0 Å². The number of carbonyl (C=O) groups is 3. The second-order valence-corrected chi connectivity index (χ2v) is 9.22. The van der Waals surface area contributed by atoms with Gasteiger partial charge in [-0.15, -0.1) is 0 Å². The summed E-state index contributed by atoms with van der Waals surface area (Å²) in [5.74, 6) is -0.214. The van der Waals surface area contributed by atoms with E-state index in [2.05, 4.69) is 14.8 Å². The first-order chi connectivity index (χ1) is 18.0. The first-order valence-electron chi connectivity index (χ1n) is 11.9. The van der Waals surface area contributed by atoms with Gasteiger partial charge >= 0.3 is 12.1 Å². The number of benzene rings is 3. The van der Waals surface area contributed by atoms with Gasteiger partial charge < -0.3 is 30.4 Å². The largest absolute Gasteiger partial charge is 0.506 e. The number of primary amides is 1. The Balaban J connectivity index is 0.000000550. The van der Waals surface area contributed by atoms with Crippen LogP contribution in [0.5, 0.6) is 11.5 Å². The molecule has 3 aromatic rings. The number of methoxy groups -OCH3 is 1. The van der Waals surface area contributed by atoms with Crippen LogP contribution in [-0.2, 0) is 27.3 Å². The molecule has 9 nitrogen and oxygen atoms in total. The summed E-state index contributed by atoms with van der Waals surface area (Å²) in [4.78, 5) is 33.7. The van der Waals surface area contributed by atoms with E-state index >= 15 is 0 Å². The topological polar surface area (TPSA) is 137 Å². The lowest BCUT2D eigenvalue weighted by Crippen LogP contribution is -2.27. The van der Waals surface area contributed by atoms with Crippen molar-refractivity contribution in [3.63, 3.8) is 0 Å². The highest BCUT2D eigenvalue weighted by molar-refractivity contribution is 5.95. The third-order valence-electron chi connectivity index (χ3n) is 4.91. The van der Waals surface area contributed by atoms with Gasteiger partial charge in [0.05, 0.1) is 18.4 Å². The third kappa shape index (κ3) is 11.0. The van der Waals surface area contributed by atoms with Crippen LogP contribution >= 0.6 is 0 Å². The Morgan fingerprint density at radius 1 is 0.921 bits per heavy atom. The van der Waals surface area contributed by atoms with Crippen molar-refractivity contribution < 1.29 is 33.7 Å². The minimum absolute atomic E-state index is 0.189. The smallest absolute Gasteiger partial charge is 0.405 e. The number of esters is 1. The molecule has 0 saturated heterocycles. The molecule has 3 rings (SSSR count). The molecule has 0 bridgehead atoms. The average molecular weight is 523 g/mol. The molecule has 0 aromatic heterocycles. The van der Waals surface area contributed by atoms with Crippen molar-refractivity contribution in [2.45, 2.75) is 45.8 Å². The molecule has 0 heterocycles. The number of hydrogen-bond acceptors (Lipinski definition) is 7. The van der Waals surface area contributed by atoms with E-state index < -0.39 is 17.7 Å². The zero-order chi connectivity index (χ0) is 28.1. The molecule has 0 aliphatic heterocycles. The Hall–Kier alpha value is -4.53. The van der Waals surface area contributed by atoms with Crippen LogP contribution < -0.4 is 15.8 Å². The van der Waals surface area contributed by atoms with Gasteiger partial charge in [-0.25, -0.2) is 9.59 Å². The quantitative estimate of drug-likeness (QED) is 0.273. The molecule has 0 aliphatic carbocycles. The summed E-state index contributed by atoms with van der Waals surface area (Å²) in [5.41, 5.74) is 6.82. The zero-order valence-electron chi connectivity index (χ0n) is 22.0. The lowest BCUT2D eigenvalue weighted by Gasteiger charge is -2.16. The average Bonchev–Trinajstić information content (AvgIpc) is 2.87. The van der Waals surface area contributed by atoms with Crippen molar-refractivity contribution in [1.29, 1.82) is 0 Å². The van der Waals surface area contributed by atoms with E-state index in [4.69, 9.17) is 10.5 Å². The molecule has 0 unspecified atom stereocenters. The number of hydrogen-bond donors (Lipinski definition) is 3. The van der Waals surface area contributed by atoms with Crippen molar-refractivity contribution in [3.05, 3.63) is 89.5 Å². The van der Waals surface area contributed by atoms with E-state index in [0.29, 0.717) is 13.0 Å². The summed E-state index contributed by atoms with van der Waals surface area (Å²) in [7, 11) is 1.26. The van der Waals surface area contributed by atoms with Gasteiger partial charge in [0.25, 0.3) is 0 Å². The van der Waals surface area contributed by atoms with Gasteiger partial charge in [0, 0.05) is 6.42 Å². The normalized spacial score (nSPS) is 10.4. The van der Waals surface area contributed by atoms with E-state index in [-0.39, 0.29) is 29.3 Å². The molecule has 0 atom stereocenters. The van der Waals surface area contributed by atoms with Crippen molar-refractivity contribution in [2.75, 3.05) is 12.4 Å². The van der Waals surface area contributed by atoms with Crippen molar-refractivity contribution in [3.8, 4) is 11.5 Å². The summed E-state index contributed by atoms with van der Waals surface area (Å²) in [6.07, 6.45) is 0.0753. The van der Waals surface area contributed by atoms with E-state index in [0.717, 1.165) is 16.9 Å². The Labute approximate surface area is 222 Å². The Bertz CT molecular complexity index is 1200. The van der Waals surface area contributed by atoms with Crippen molar-refractivity contribution in [1.82, 2.24) is 0 Å². The number of ether oxygens (including phenoxy) is 3. The second kappa shape index (κ2) is 14.3. The molecule has 2 amide bonds. The number of carbonyl (C=O) groups excluding carboxylic acids is 3. The first-order valence-corrected chi connectivity index (χ1v) is 11.9. The predicted octanol–water partition coefficient (Wildman–Crippen LogP) is 5.21.